The highest BCUT2D eigenvalue weighted by molar-refractivity contribution is 9.10. The lowest BCUT2D eigenvalue weighted by molar-refractivity contribution is -0.384. The summed E-state index contributed by atoms with van der Waals surface area (Å²) in [5.74, 6) is 0.185. The number of nitrogens with one attached hydrogen (secondary N) is 1. The number of halogens is 2. The fourth-order valence-corrected chi connectivity index (χ4v) is 4.12. The van der Waals surface area contributed by atoms with Gasteiger partial charge in [0.15, 0.2) is 11.0 Å². The second kappa shape index (κ2) is 11.2. The van der Waals surface area contributed by atoms with Gasteiger partial charge in [-0.3, -0.25) is 24.5 Å². The van der Waals surface area contributed by atoms with Gasteiger partial charge in [0, 0.05) is 50.8 Å². The summed E-state index contributed by atoms with van der Waals surface area (Å²) in [4.78, 5) is 26.9. The average Bonchev–Trinajstić information content (AvgIpc) is 3.29. The van der Waals surface area contributed by atoms with Crippen LogP contribution in [0.4, 0.5) is 5.69 Å². The number of hydrazone groups is 1. The second-order valence-corrected chi connectivity index (χ2v) is 9.17. The second-order valence-electron chi connectivity index (χ2n) is 6.90. The van der Waals surface area contributed by atoms with E-state index in [0.717, 1.165) is 15.7 Å². The number of hydrogen-bond acceptors (Lipinski definition) is 8. The molecule has 0 bridgehead atoms. The van der Waals surface area contributed by atoms with Crippen molar-refractivity contribution in [3.63, 3.8) is 0 Å². The first-order valence-electron chi connectivity index (χ1n) is 9.93. The molecule has 1 N–H and O–H groups in total. The van der Waals surface area contributed by atoms with Gasteiger partial charge in [-0.15, -0.1) is 10.2 Å². The molecular formula is C22H15BrClN7O3S. The van der Waals surface area contributed by atoms with Crippen LogP contribution in [0.2, 0.25) is 5.02 Å². The van der Waals surface area contributed by atoms with Gasteiger partial charge in [-0.25, -0.2) is 5.43 Å². The number of amides is 1. The molecule has 35 heavy (non-hydrogen) atoms. The minimum Gasteiger partial charge on any atom is -0.272 e. The van der Waals surface area contributed by atoms with E-state index in [0.29, 0.717) is 16.5 Å². The molecule has 13 heteroatoms. The summed E-state index contributed by atoms with van der Waals surface area (Å²) < 4.78 is 2.76. The third-order valence-corrected chi connectivity index (χ3v) is 6.36. The molecule has 0 saturated heterocycles. The molecular weight excluding hydrogens is 558 g/mol. The van der Waals surface area contributed by atoms with Gasteiger partial charge < -0.3 is 0 Å². The Labute approximate surface area is 216 Å². The maximum Gasteiger partial charge on any atom is 0.270 e. The third kappa shape index (κ3) is 6.10. The molecule has 176 valence electrons. The van der Waals surface area contributed by atoms with E-state index in [4.69, 9.17) is 11.6 Å². The molecule has 0 unspecified atom stereocenters. The van der Waals surface area contributed by atoms with Crippen molar-refractivity contribution in [2.75, 3.05) is 5.75 Å². The van der Waals surface area contributed by atoms with Gasteiger partial charge in [0.05, 0.1) is 16.9 Å². The molecule has 2 aromatic heterocycles. The molecule has 2 heterocycles. The Morgan fingerprint density at radius 3 is 2.74 bits per heavy atom. The van der Waals surface area contributed by atoms with Crippen LogP contribution in [0.5, 0.6) is 0 Å². The number of aromatic nitrogens is 4. The molecule has 0 atom stereocenters. The van der Waals surface area contributed by atoms with Gasteiger partial charge in [-0.05, 0) is 42.5 Å². The first-order chi connectivity index (χ1) is 16.9. The molecule has 0 saturated carbocycles. The van der Waals surface area contributed by atoms with Gasteiger partial charge in [-0.1, -0.05) is 39.3 Å². The molecule has 0 spiro atoms. The fraction of sp³-hybridized carbons (Fsp3) is 0.0455. The molecule has 2 aromatic carbocycles. The van der Waals surface area contributed by atoms with E-state index in [-0.39, 0.29) is 16.5 Å². The number of thioether (sulfide) groups is 1. The van der Waals surface area contributed by atoms with Crippen molar-refractivity contribution in [3.05, 3.63) is 92.2 Å². The minimum absolute atomic E-state index is 0.00170. The molecule has 0 fully saturated rings. The van der Waals surface area contributed by atoms with Crippen molar-refractivity contribution >= 4 is 57.1 Å². The first-order valence-corrected chi connectivity index (χ1v) is 12.1. The number of pyridine rings is 1. The van der Waals surface area contributed by atoms with E-state index < -0.39 is 10.8 Å². The molecule has 0 aliphatic heterocycles. The van der Waals surface area contributed by atoms with E-state index in [1.54, 1.807) is 12.4 Å². The van der Waals surface area contributed by atoms with Crippen LogP contribution in [0.1, 0.15) is 5.56 Å². The smallest absolute Gasteiger partial charge is 0.270 e. The Bertz CT molecular complexity index is 1400. The van der Waals surface area contributed by atoms with Crippen LogP contribution in [0.25, 0.3) is 17.1 Å². The van der Waals surface area contributed by atoms with Crippen LogP contribution in [-0.4, -0.2) is 42.5 Å². The number of non-ortho nitro benzene ring substituents is 1. The highest BCUT2D eigenvalue weighted by atomic mass is 79.9. The number of hydrogen-bond donors (Lipinski definition) is 1. The fourth-order valence-electron chi connectivity index (χ4n) is 2.95. The summed E-state index contributed by atoms with van der Waals surface area (Å²) in [5, 5.41) is 24.1. The molecule has 4 rings (SSSR count). The van der Waals surface area contributed by atoms with Crippen LogP contribution in [0, 0.1) is 10.1 Å². The highest BCUT2D eigenvalue weighted by Gasteiger charge is 2.17. The van der Waals surface area contributed by atoms with Crippen LogP contribution in [0.3, 0.4) is 0 Å². The van der Waals surface area contributed by atoms with E-state index in [1.165, 1.54) is 36.2 Å². The lowest BCUT2D eigenvalue weighted by Crippen LogP contribution is -2.20. The van der Waals surface area contributed by atoms with Crippen molar-refractivity contribution in [3.8, 4) is 17.1 Å². The van der Waals surface area contributed by atoms with E-state index >= 15 is 0 Å². The zero-order valence-electron chi connectivity index (χ0n) is 17.7. The lowest BCUT2D eigenvalue weighted by atomic mass is 10.2. The highest BCUT2D eigenvalue weighted by Crippen LogP contribution is 2.28. The Kier molecular flexibility index (Phi) is 7.85. The van der Waals surface area contributed by atoms with Crippen LogP contribution >= 0.6 is 39.3 Å². The zero-order chi connectivity index (χ0) is 24.8. The standard InChI is InChI=1S/C22H15BrClN7O3S/c23-16-3-5-17(6-4-16)30-21(14-2-1-9-25-11-14)28-29-22(30)35-13-20(32)27-26-12-15-10-18(31(33)34)7-8-19(15)24/h1-12H,13H2,(H,27,32). The van der Waals surface area contributed by atoms with Gasteiger partial charge in [-0.2, -0.15) is 5.10 Å². The summed E-state index contributed by atoms with van der Waals surface area (Å²) in [6, 6.07) is 15.3. The normalized spacial score (nSPS) is 11.0. The number of nitrogens with zero attached hydrogens (tertiary/aromatic N) is 6. The SMILES string of the molecule is O=C(CSc1nnc(-c2cccnc2)n1-c1ccc(Br)cc1)NN=Cc1cc([N+](=O)[O-])ccc1Cl. The zero-order valence-corrected chi connectivity index (χ0v) is 20.9. The van der Waals surface area contributed by atoms with Gasteiger partial charge in [0.2, 0.25) is 0 Å². The van der Waals surface area contributed by atoms with Crippen molar-refractivity contribution < 1.29 is 9.72 Å². The Morgan fingerprint density at radius 1 is 1.23 bits per heavy atom. The number of nitro benzene ring substituents is 1. The molecule has 0 aliphatic rings. The van der Waals surface area contributed by atoms with Crippen LogP contribution in [-0.2, 0) is 4.79 Å². The maximum absolute atomic E-state index is 12.4. The number of carbonyl (C=O) groups excluding carboxylic acids is 1. The van der Waals surface area contributed by atoms with Gasteiger partial charge in [0.1, 0.15) is 0 Å². The Balaban J connectivity index is 1.49. The number of rotatable bonds is 8. The molecule has 0 radical (unpaired) electrons. The monoisotopic (exact) mass is 571 g/mol. The number of nitro groups is 1. The third-order valence-electron chi connectivity index (χ3n) is 4.55. The molecule has 0 aliphatic carbocycles. The van der Waals surface area contributed by atoms with Crippen molar-refractivity contribution in [1.29, 1.82) is 0 Å². The van der Waals surface area contributed by atoms with Crippen molar-refractivity contribution in [1.82, 2.24) is 25.2 Å². The van der Waals surface area contributed by atoms with Crippen molar-refractivity contribution in [2.24, 2.45) is 5.10 Å². The largest absolute Gasteiger partial charge is 0.272 e. The quantitative estimate of drug-likeness (QED) is 0.138. The van der Waals surface area contributed by atoms with Gasteiger partial charge in [0.25, 0.3) is 11.6 Å². The number of benzene rings is 2. The van der Waals surface area contributed by atoms with E-state index in [9.17, 15) is 14.9 Å². The number of carbonyl (C=O) groups is 1. The lowest BCUT2D eigenvalue weighted by Gasteiger charge is -2.10. The predicted octanol–water partition coefficient (Wildman–Crippen LogP) is 4.90. The summed E-state index contributed by atoms with van der Waals surface area (Å²) in [6.07, 6.45) is 4.61. The summed E-state index contributed by atoms with van der Waals surface area (Å²) in [6.45, 7) is 0. The molecule has 4 aromatic rings. The maximum atomic E-state index is 12.4. The average molecular weight is 573 g/mol. The first kappa shape index (κ1) is 24.5. The summed E-state index contributed by atoms with van der Waals surface area (Å²) in [7, 11) is 0. The topological polar surface area (TPSA) is 128 Å². The summed E-state index contributed by atoms with van der Waals surface area (Å²) in [5.41, 5.74) is 4.16. The molecule has 1 amide bonds. The minimum atomic E-state index is -0.537. The predicted molar refractivity (Wildman–Crippen MR) is 137 cm³/mol. The van der Waals surface area contributed by atoms with E-state index in [2.05, 4.69) is 41.6 Å². The van der Waals surface area contributed by atoms with Crippen LogP contribution in [0.15, 0.2) is 81.7 Å². The van der Waals surface area contributed by atoms with E-state index in [1.807, 2.05) is 41.0 Å². The Morgan fingerprint density at radius 2 is 2.03 bits per heavy atom. The molecule has 10 nitrogen and oxygen atoms in total. The van der Waals surface area contributed by atoms with Crippen molar-refractivity contribution in [2.45, 2.75) is 5.16 Å². The van der Waals surface area contributed by atoms with Gasteiger partial charge >= 0.3 is 0 Å². The van der Waals surface area contributed by atoms with Crippen LogP contribution < -0.4 is 5.43 Å². The Hall–Kier alpha value is -3.61. The summed E-state index contributed by atoms with van der Waals surface area (Å²) >= 11 is 10.7.